The average Bonchev–Trinajstić information content (AvgIpc) is 2.36. The minimum atomic E-state index is 0.357. The minimum Gasteiger partial charge on any atom is -0.377 e. The fourth-order valence-corrected chi connectivity index (χ4v) is 2.58. The number of hydrogen-bond acceptors (Lipinski definition) is 2. The van der Waals surface area contributed by atoms with E-state index in [0.29, 0.717) is 18.1 Å². The molecular formula is C16H35NO. The summed E-state index contributed by atoms with van der Waals surface area (Å²) in [4.78, 5) is 0. The second-order valence-corrected chi connectivity index (χ2v) is 5.62. The molecule has 1 N–H and O–H groups in total. The first-order chi connectivity index (χ1) is 8.67. The highest BCUT2D eigenvalue weighted by atomic mass is 16.5. The Morgan fingerprint density at radius 1 is 0.944 bits per heavy atom. The first-order valence-electron chi connectivity index (χ1n) is 7.96. The van der Waals surface area contributed by atoms with Crippen LogP contribution >= 0.6 is 0 Å². The summed E-state index contributed by atoms with van der Waals surface area (Å²) in [5.41, 5.74) is 0. The summed E-state index contributed by atoms with van der Waals surface area (Å²) in [5.74, 6) is 0.586. The molecule has 2 unspecified atom stereocenters. The van der Waals surface area contributed by atoms with Crippen LogP contribution in [0.3, 0.4) is 0 Å². The van der Waals surface area contributed by atoms with Crippen molar-refractivity contribution in [3.8, 4) is 0 Å². The predicted octanol–water partition coefficient (Wildman–Crippen LogP) is 4.39. The zero-order valence-electron chi connectivity index (χ0n) is 13.3. The first kappa shape index (κ1) is 17.9. The number of hydrogen-bond donors (Lipinski definition) is 1. The predicted molar refractivity (Wildman–Crippen MR) is 81.1 cm³/mol. The lowest BCUT2D eigenvalue weighted by Gasteiger charge is -2.30. The second-order valence-electron chi connectivity index (χ2n) is 5.62. The molecule has 0 rings (SSSR count). The van der Waals surface area contributed by atoms with Gasteiger partial charge < -0.3 is 10.1 Å². The maximum Gasteiger partial charge on any atom is 0.0750 e. The normalized spacial score (nSPS) is 15.0. The maximum atomic E-state index is 5.89. The van der Waals surface area contributed by atoms with Crippen LogP contribution < -0.4 is 5.32 Å². The highest BCUT2D eigenvalue weighted by Crippen LogP contribution is 2.17. The van der Waals surface area contributed by atoms with E-state index in [1.165, 1.54) is 44.9 Å². The van der Waals surface area contributed by atoms with Crippen molar-refractivity contribution >= 4 is 0 Å². The van der Waals surface area contributed by atoms with E-state index in [0.717, 1.165) is 6.61 Å². The lowest BCUT2D eigenvalue weighted by Crippen LogP contribution is -2.42. The van der Waals surface area contributed by atoms with Gasteiger partial charge in [0.2, 0.25) is 0 Å². The van der Waals surface area contributed by atoms with Crippen molar-refractivity contribution in [2.45, 2.75) is 84.8 Å². The van der Waals surface area contributed by atoms with Crippen LogP contribution in [0.5, 0.6) is 0 Å². The van der Waals surface area contributed by atoms with Gasteiger partial charge in [0.05, 0.1) is 6.10 Å². The summed E-state index contributed by atoms with van der Waals surface area (Å²) in [7, 11) is 2.07. The average molecular weight is 257 g/mol. The van der Waals surface area contributed by atoms with Crippen molar-refractivity contribution in [2.75, 3.05) is 13.7 Å². The van der Waals surface area contributed by atoms with E-state index in [1.807, 2.05) is 0 Å². The third-order valence-electron chi connectivity index (χ3n) is 3.65. The Morgan fingerprint density at radius 2 is 1.56 bits per heavy atom. The first-order valence-corrected chi connectivity index (χ1v) is 7.96. The van der Waals surface area contributed by atoms with Gasteiger partial charge >= 0.3 is 0 Å². The van der Waals surface area contributed by atoms with Gasteiger partial charge in [-0.2, -0.15) is 0 Å². The topological polar surface area (TPSA) is 21.3 Å². The molecule has 0 aliphatic heterocycles. The molecule has 0 aliphatic carbocycles. The van der Waals surface area contributed by atoms with Gasteiger partial charge in [-0.15, -0.1) is 0 Å². The smallest absolute Gasteiger partial charge is 0.0750 e. The Hall–Kier alpha value is -0.0800. The van der Waals surface area contributed by atoms with E-state index in [4.69, 9.17) is 4.74 Å². The molecule has 0 aromatic carbocycles. The van der Waals surface area contributed by atoms with Gasteiger partial charge in [-0.1, -0.05) is 59.3 Å². The third kappa shape index (κ3) is 8.10. The molecule has 18 heavy (non-hydrogen) atoms. The van der Waals surface area contributed by atoms with Crippen molar-refractivity contribution in [3.05, 3.63) is 0 Å². The number of nitrogens with one attached hydrogen (secondary N) is 1. The van der Waals surface area contributed by atoms with Crippen LogP contribution in [0.25, 0.3) is 0 Å². The zero-order valence-corrected chi connectivity index (χ0v) is 13.3. The van der Waals surface area contributed by atoms with Crippen LogP contribution in [-0.2, 0) is 4.74 Å². The summed E-state index contributed by atoms with van der Waals surface area (Å²) >= 11 is 0. The summed E-state index contributed by atoms with van der Waals surface area (Å²) in [6.45, 7) is 9.69. The van der Waals surface area contributed by atoms with Gasteiger partial charge in [0.1, 0.15) is 0 Å². The maximum absolute atomic E-state index is 5.89. The number of likely N-dealkylation sites (N-methyl/N-ethyl adjacent to an activating group) is 1. The molecule has 2 atom stereocenters. The molecule has 2 nitrogen and oxygen atoms in total. The van der Waals surface area contributed by atoms with Crippen LogP contribution in [0.15, 0.2) is 0 Å². The van der Waals surface area contributed by atoms with E-state index < -0.39 is 0 Å². The van der Waals surface area contributed by atoms with Crippen molar-refractivity contribution in [2.24, 2.45) is 5.92 Å². The monoisotopic (exact) mass is 257 g/mol. The fourth-order valence-electron chi connectivity index (χ4n) is 2.58. The van der Waals surface area contributed by atoms with Crippen LogP contribution in [0, 0.1) is 5.92 Å². The molecule has 2 heteroatoms. The van der Waals surface area contributed by atoms with Crippen molar-refractivity contribution in [1.82, 2.24) is 5.32 Å². The Labute approximate surface area is 115 Å². The van der Waals surface area contributed by atoms with Crippen molar-refractivity contribution in [1.29, 1.82) is 0 Å². The third-order valence-corrected chi connectivity index (χ3v) is 3.65. The van der Waals surface area contributed by atoms with Crippen LogP contribution in [0.1, 0.15) is 72.6 Å². The van der Waals surface area contributed by atoms with Gasteiger partial charge in [0.15, 0.2) is 0 Å². The summed E-state index contributed by atoms with van der Waals surface area (Å²) in [5, 5.41) is 3.45. The highest BCUT2D eigenvalue weighted by Gasteiger charge is 2.22. The minimum absolute atomic E-state index is 0.357. The SMILES string of the molecule is CCCCCCCCC(NC)C(OCC)C(C)C. The van der Waals surface area contributed by atoms with Gasteiger partial charge in [-0.3, -0.25) is 0 Å². The molecule has 0 heterocycles. The molecule has 0 fully saturated rings. The highest BCUT2D eigenvalue weighted by molar-refractivity contribution is 4.78. The summed E-state index contributed by atoms with van der Waals surface area (Å²) in [6.07, 6.45) is 9.81. The molecule has 0 saturated carbocycles. The summed E-state index contributed by atoms with van der Waals surface area (Å²) < 4.78 is 5.89. The lowest BCUT2D eigenvalue weighted by molar-refractivity contribution is 0.00271. The Morgan fingerprint density at radius 3 is 2.06 bits per heavy atom. The van der Waals surface area contributed by atoms with Crippen molar-refractivity contribution < 1.29 is 4.74 Å². The van der Waals surface area contributed by atoms with Crippen molar-refractivity contribution in [3.63, 3.8) is 0 Å². The molecule has 0 amide bonds. The van der Waals surface area contributed by atoms with Gasteiger partial charge in [-0.05, 0) is 26.3 Å². The fraction of sp³-hybridized carbons (Fsp3) is 1.00. The van der Waals surface area contributed by atoms with Gasteiger partial charge in [0, 0.05) is 12.6 Å². The Balaban J connectivity index is 3.85. The Kier molecular flexibility index (Phi) is 11.9. The molecule has 0 saturated heterocycles. The number of unbranched alkanes of at least 4 members (excludes halogenated alkanes) is 5. The van der Waals surface area contributed by atoms with E-state index in [2.05, 4.69) is 40.1 Å². The van der Waals surface area contributed by atoms with Crippen LogP contribution in [0.4, 0.5) is 0 Å². The summed E-state index contributed by atoms with van der Waals surface area (Å²) in [6, 6.07) is 0.510. The molecule has 0 aliphatic rings. The standard InChI is InChI=1S/C16H35NO/c1-6-8-9-10-11-12-13-15(17-5)16(14(3)4)18-7-2/h14-17H,6-13H2,1-5H3. The lowest BCUT2D eigenvalue weighted by atomic mass is 9.94. The van der Waals surface area contributed by atoms with Gasteiger partial charge in [-0.25, -0.2) is 0 Å². The molecule has 0 aromatic heterocycles. The molecular weight excluding hydrogens is 222 g/mol. The molecule has 0 bridgehead atoms. The molecule has 0 aromatic rings. The van der Waals surface area contributed by atoms with E-state index in [-0.39, 0.29) is 0 Å². The largest absolute Gasteiger partial charge is 0.377 e. The van der Waals surface area contributed by atoms with E-state index >= 15 is 0 Å². The van der Waals surface area contributed by atoms with Gasteiger partial charge in [0.25, 0.3) is 0 Å². The number of ether oxygens (including phenoxy) is 1. The number of rotatable bonds is 12. The van der Waals surface area contributed by atoms with E-state index in [1.54, 1.807) is 0 Å². The Bertz CT molecular complexity index is 170. The molecule has 110 valence electrons. The second kappa shape index (κ2) is 12.0. The molecule has 0 spiro atoms. The van der Waals surface area contributed by atoms with Crippen LogP contribution in [-0.4, -0.2) is 25.8 Å². The molecule has 0 radical (unpaired) electrons. The zero-order chi connectivity index (χ0) is 13.8. The quantitative estimate of drug-likeness (QED) is 0.524. The van der Waals surface area contributed by atoms with E-state index in [9.17, 15) is 0 Å². The van der Waals surface area contributed by atoms with Crippen LogP contribution in [0.2, 0.25) is 0 Å².